The van der Waals surface area contributed by atoms with Gasteiger partial charge in [0.25, 0.3) is 0 Å². The molecule has 1 spiro atoms. The van der Waals surface area contributed by atoms with Crippen LogP contribution >= 0.6 is 11.6 Å². The highest BCUT2D eigenvalue weighted by Gasteiger charge is 2.45. The summed E-state index contributed by atoms with van der Waals surface area (Å²) in [6.45, 7) is 1.98. The molecule has 1 aromatic heterocycles. The predicted molar refractivity (Wildman–Crippen MR) is 51.2 cm³/mol. The lowest BCUT2D eigenvalue weighted by atomic mass is 9.97. The van der Waals surface area contributed by atoms with E-state index in [1.165, 1.54) is 0 Å². The molecule has 0 radical (unpaired) electrons. The van der Waals surface area contributed by atoms with Crippen LogP contribution in [0.1, 0.15) is 17.7 Å². The Morgan fingerprint density at radius 1 is 1.43 bits per heavy atom. The van der Waals surface area contributed by atoms with Crippen molar-refractivity contribution in [3.05, 3.63) is 28.5 Å². The van der Waals surface area contributed by atoms with Crippen LogP contribution in [0.15, 0.2) is 12.1 Å². The number of aromatic nitrogens is 1. The van der Waals surface area contributed by atoms with Crippen molar-refractivity contribution in [1.29, 1.82) is 0 Å². The molecule has 0 aliphatic carbocycles. The summed E-state index contributed by atoms with van der Waals surface area (Å²) >= 11 is 5.88. The maximum Gasteiger partial charge on any atom is 0.136 e. The molecule has 1 fully saturated rings. The van der Waals surface area contributed by atoms with Crippen LogP contribution in [0.2, 0.25) is 5.15 Å². The second kappa shape index (κ2) is 2.92. The summed E-state index contributed by atoms with van der Waals surface area (Å²) in [7, 11) is 0. The number of halogens is 1. The Bertz CT molecular complexity index is 374. The van der Waals surface area contributed by atoms with Gasteiger partial charge in [-0.15, -0.1) is 0 Å². The van der Waals surface area contributed by atoms with E-state index in [0.29, 0.717) is 18.4 Å². The topological polar surface area (TPSA) is 31.4 Å². The molecule has 0 saturated carbocycles. The lowest BCUT2D eigenvalue weighted by Gasteiger charge is -2.20. The Hall–Kier alpha value is -0.640. The molecule has 1 atom stereocenters. The van der Waals surface area contributed by atoms with Crippen molar-refractivity contribution in [1.82, 2.24) is 4.98 Å². The van der Waals surface area contributed by atoms with Crippen LogP contribution < -0.4 is 0 Å². The van der Waals surface area contributed by atoms with E-state index in [0.717, 1.165) is 24.3 Å². The lowest BCUT2D eigenvalue weighted by molar-refractivity contribution is -0.0441. The summed E-state index contributed by atoms with van der Waals surface area (Å²) < 4.78 is 11.2. The normalized spacial score (nSPS) is 29.8. The third-order valence-electron chi connectivity index (χ3n) is 2.87. The van der Waals surface area contributed by atoms with Crippen LogP contribution in [-0.4, -0.2) is 18.2 Å². The number of ether oxygens (including phenoxy) is 2. The number of hydrogen-bond acceptors (Lipinski definition) is 3. The van der Waals surface area contributed by atoms with Crippen LogP contribution in [0.5, 0.6) is 0 Å². The lowest BCUT2D eigenvalue weighted by Crippen LogP contribution is -2.26. The molecule has 0 N–H and O–H groups in total. The Kier molecular flexibility index (Phi) is 1.81. The van der Waals surface area contributed by atoms with Crippen molar-refractivity contribution < 1.29 is 9.47 Å². The van der Waals surface area contributed by atoms with E-state index in [1.54, 1.807) is 6.07 Å². The van der Waals surface area contributed by atoms with Crippen molar-refractivity contribution in [3.63, 3.8) is 0 Å². The molecule has 0 bridgehead atoms. The van der Waals surface area contributed by atoms with Gasteiger partial charge in [0.15, 0.2) is 0 Å². The van der Waals surface area contributed by atoms with Crippen molar-refractivity contribution in [3.8, 4) is 0 Å². The largest absolute Gasteiger partial charge is 0.378 e. The summed E-state index contributed by atoms with van der Waals surface area (Å²) in [4.78, 5) is 4.35. The Morgan fingerprint density at radius 3 is 3.14 bits per heavy atom. The fourth-order valence-corrected chi connectivity index (χ4v) is 2.25. The molecule has 0 amide bonds. The van der Waals surface area contributed by atoms with Crippen molar-refractivity contribution in [2.75, 3.05) is 13.2 Å². The number of hydrogen-bond donors (Lipinski definition) is 0. The minimum Gasteiger partial charge on any atom is -0.378 e. The van der Waals surface area contributed by atoms with Crippen molar-refractivity contribution in [2.24, 2.45) is 0 Å². The van der Waals surface area contributed by atoms with Gasteiger partial charge in [-0.25, -0.2) is 4.98 Å². The first-order valence-corrected chi connectivity index (χ1v) is 5.06. The standard InChI is InChI=1S/C10H10ClNO2/c11-8-2-1-7-5-14-10(9(7)12-8)3-4-13-6-10/h1-2H,3-6H2. The van der Waals surface area contributed by atoms with E-state index in [9.17, 15) is 0 Å². The van der Waals surface area contributed by atoms with Crippen LogP contribution in [0, 0.1) is 0 Å². The summed E-state index contributed by atoms with van der Waals surface area (Å²) in [5.74, 6) is 0. The summed E-state index contributed by atoms with van der Waals surface area (Å²) in [6.07, 6.45) is 0.882. The quantitative estimate of drug-likeness (QED) is 0.614. The second-order valence-corrected chi connectivity index (χ2v) is 4.11. The zero-order valence-corrected chi connectivity index (χ0v) is 8.38. The molecule has 1 unspecified atom stereocenters. The van der Waals surface area contributed by atoms with Crippen LogP contribution in [-0.2, 0) is 21.7 Å². The minimum absolute atomic E-state index is 0.305. The maximum atomic E-state index is 5.88. The van der Waals surface area contributed by atoms with Crippen molar-refractivity contribution >= 4 is 11.6 Å². The van der Waals surface area contributed by atoms with Crippen LogP contribution in [0.4, 0.5) is 0 Å². The van der Waals surface area contributed by atoms with Crippen molar-refractivity contribution in [2.45, 2.75) is 18.6 Å². The van der Waals surface area contributed by atoms with Gasteiger partial charge < -0.3 is 9.47 Å². The van der Waals surface area contributed by atoms with E-state index in [4.69, 9.17) is 21.1 Å². The average Bonchev–Trinajstić information content (AvgIpc) is 2.77. The van der Waals surface area contributed by atoms with E-state index < -0.39 is 0 Å². The van der Waals surface area contributed by atoms with Gasteiger partial charge in [0.1, 0.15) is 10.8 Å². The zero-order valence-electron chi connectivity index (χ0n) is 7.62. The number of rotatable bonds is 0. The Balaban J connectivity index is 2.12. The molecule has 2 aliphatic rings. The van der Waals surface area contributed by atoms with E-state index >= 15 is 0 Å². The van der Waals surface area contributed by atoms with E-state index in [2.05, 4.69) is 4.98 Å². The molecular formula is C10H10ClNO2. The monoisotopic (exact) mass is 211 g/mol. The predicted octanol–water partition coefficient (Wildman–Crippen LogP) is 1.88. The molecule has 0 aromatic carbocycles. The average molecular weight is 212 g/mol. The third kappa shape index (κ3) is 1.10. The van der Waals surface area contributed by atoms with Gasteiger partial charge in [-0.3, -0.25) is 0 Å². The molecule has 2 aliphatic heterocycles. The SMILES string of the molecule is Clc1ccc2c(n1)C1(CCOC1)OC2. The van der Waals surface area contributed by atoms with Gasteiger partial charge in [0.2, 0.25) is 0 Å². The summed E-state index contributed by atoms with van der Waals surface area (Å²) in [5.41, 5.74) is 1.81. The molecular weight excluding hydrogens is 202 g/mol. The van der Waals surface area contributed by atoms with Crippen LogP contribution in [0.25, 0.3) is 0 Å². The maximum absolute atomic E-state index is 5.88. The minimum atomic E-state index is -0.305. The first kappa shape index (κ1) is 8.65. The first-order valence-electron chi connectivity index (χ1n) is 4.68. The Morgan fingerprint density at radius 2 is 2.36 bits per heavy atom. The number of fused-ring (bicyclic) bond motifs is 2. The van der Waals surface area contributed by atoms with Gasteiger partial charge >= 0.3 is 0 Å². The number of pyridine rings is 1. The van der Waals surface area contributed by atoms with Gasteiger partial charge in [-0.1, -0.05) is 17.7 Å². The first-order chi connectivity index (χ1) is 6.80. The molecule has 14 heavy (non-hydrogen) atoms. The second-order valence-electron chi connectivity index (χ2n) is 3.73. The van der Waals surface area contributed by atoms with Gasteiger partial charge in [-0.05, 0) is 6.07 Å². The third-order valence-corrected chi connectivity index (χ3v) is 3.08. The summed E-state index contributed by atoms with van der Waals surface area (Å²) in [6, 6.07) is 3.79. The highest BCUT2D eigenvalue weighted by Crippen LogP contribution is 2.41. The molecule has 3 nitrogen and oxygen atoms in total. The highest BCUT2D eigenvalue weighted by molar-refractivity contribution is 6.29. The smallest absolute Gasteiger partial charge is 0.136 e. The number of nitrogens with zero attached hydrogens (tertiary/aromatic N) is 1. The molecule has 1 aromatic rings. The highest BCUT2D eigenvalue weighted by atomic mass is 35.5. The van der Waals surface area contributed by atoms with Gasteiger partial charge in [0, 0.05) is 18.6 Å². The summed E-state index contributed by atoms with van der Waals surface area (Å²) in [5, 5.41) is 0.528. The zero-order chi connectivity index (χ0) is 9.60. The molecule has 74 valence electrons. The fraction of sp³-hybridized carbons (Fsp3) is 0.500. The molecule has 3 heterocycles. The fourth-order valence-electron chi connectivity index (χ4n) is 2.11. The molecule has 1 saturated heterocycles. The molecule has 4 heteroatoms. The van der Waals surface area contributed by atoms with Gasteiger partial charge in [-0.2, -0.15) is 0 Å². The van der Waals surface area contributed by atoms with Gasteiger partial charge in [0.05, 0.1) is 18.9 Å². The van der Waals surface area contributed by atoms with Crippen LogP contribution in [0.3, 0.4) is 0 Å². The Labute approximate surface area is 87.0 Å². The van der Waals surface area contributed by atoms with E-state index in [1.807, 2.05) is 6.07 Å². The molecule has 3 rings (SSSR count). The van der Waals surface area contributed by atoms with E-state index in [-0.39, 0.29) is 5.60 Å².